The molecular weight excluding hydrogens is 136 g/mol. The fourth-order valence-corrected chi connectivity index (χ4v) is 1.82. The maximum atomic E-state index is 3.59. The Morgan fingerprint density at radius 2 is 1.64 bits per heavy atom. The van der Waals surface area contributed by atoms with Gasteiger partial charge >= 0.3 is 0 Å². The highest BCUT2D eigenvalue weighted by molar-refractivity contribution is 4.76. The van der Waals surface area contributed by atoms with Crippen molar-refractivity contribution >= 4 is 0 Å². The zero-order valence-corrected chi connectivity index (χ0v) is 7.18. The van der Waals surface area contributed by atoms with E-state index < -0.39 is 0 Å². The van der Waals surface area contributed by atoms with Crippen molar-refractivity contribution in [3.63, 3.8) is 0 Å². The van der Waals surface area contributed by atoms with E-state index >= 15 is 0 Å². The number of rotatable bonds is 2. The van der Waals surface area contributed by atoms with Crippen LogP contribution in [-0.4, -0.2) is 24.1 Å². The van der Waals surface area contributed by atoms with E-state index in [1.807, 2.05) is 0 Å². The van der Waals surface area contributed by atoms with E-state index in [4.69, 9.17) is 0 Å². The van der Waals surface area contributed by atoms with Gasteiger partial charge in [-0.05, 0) is 25.7 Å². The molecule has 1 saturated carbocycles. The van der Waals surface area contributed by atoms with E-state index in [2.05, 4.69) is 10.4 Å². The Morgan fingerprint density at radius 1 is 0.909 bits per heavy atom. The normalized spacial score (nSPS) is 28.4. The number of piperidine rings is 1. The number of hydrogen-bond acceptors (Lipinski definition) is 2. The third-order valence-electron chi connectivity index (χ3n) is 2.83. The van der Waals surface area contributed by atoms with E-state index in [1.54, 1.807) is 0 Å². The first-order chi connectivity index (χ1) is 5.45. The van der Waals surface area contributed by atoms with E-state index in [0.717, 1.165) is 6.04 Å². The van der Waals surface area contributed by atoms with Gasteiger partial charge in [0, 0.05) is 19.1 Å². The lowest BCUT2D eigenvalue weighted by atomic mass is 9.94. The molecule has 0 aromatic heterocycles. The van der Waals surface area contributed by atoms with Crippen molar-refractivity contribution < 1.29 is 0 Å². The first kappa shape index (κ1) is 7.56. The molecule has 0 radical (unpaired) electrons. The highest BCUT2D eigenvalue weighted by atomic mass is 15.5. The van der Waals surface area contributed by atoms with Gasteiger partial charge in [-0.3, -0.25) is 5.43 Å². The van der Waals surface area contributed by atoms with E-state index in [-0.39, 0.29) is 0 Å². The fourth-order valence-electron chi connectivity index (χ4n) is 1.82. The Hall–Kier alpha value is -0.0800. The minimum absolute atomic E-state index is 0.827. The summed E-state index contributed by atoms with van der Waals surface area (Å²) in [6.45, 7) is 2.55. The quantitative estimate of drug-likeness (QED) is 0.649. The molecule has 1 aliphatic carbocycles. The molecular formula is C9H18N2. The van der Waals surface area contributed by atoms with E-state index in [9.17, 15) is 0 Å². The van der Waals surface area contributed by atoms with Crippen LogP contribution in [0.1, 0.15) is 38.5 Å². The zero-order chi connectivity index (χ0) is 7.52. The van der Waals surface area contributed by atoms with Crippen molar-refractivity contribution in [3.05, 3.63) is 0 Å². The largest absolute Gasteiger partial charge is 0.252 e. The number of hydrogen-bond donors (Lipinski definition) is 1. The summed E-state index contributed by atoms with van der Waals surface area (Å²) in [5.41, 5.74) is 3.59. The van der Waals surface area contributed by atoms with Crippen molar-refractivity contribution in [3.8, 4) is 0 Å². The molecule has 0 spiro atoms. The van der Waals surface area contributed by atoms with Crippen molar-refractivity contribution in [2.75, 3.05) is 13.1 Å². The van der Waals surface area contributed by atoms with Gasteiger partial charge in [-0.25, -0.2) is 5.01 Å². The number of nitrogens with one attached hydrogen (secondary N) is 1. The Bertz CT molecular complexity index is 115. The molecule has 1 saturated heterocycles. The average molecular weight is 154 g/mol. The van der Waals surface area contributed by atoms with Crippen LogP contribution in [0.25, 0.3) is 0 Å². The topological polar surface area (TPSA) is 15.3 Å². The van der Waals surface area contributed by atoms with Crippen LogP contribution in [-0.2, 0) is 0 Å². The van der Waals surface area contributed by atoms with Crippen molar-refractivity contribution in [2.45, 2.75) is 44.6 Å². The second-order valence-corrected chi connectivity index (χ2v) is 3.80. The molecule has 0 aromatic carbocycles. The van der Waals surface area contributed by atoms with Crippen LogP contribution in [0.2, 0.25) is 0 Å². The summed E-state index contributed by atoms with van der Waals surface area (Å²) in [4.78, 5) is 0. The predicted molar refractivity (Wildman–Crippen MR) is 46.2 cm³/mol. The van der Waals surface area contributed by atoms with E-state index in [1.165, 1.54) is 51.6 Å². The summed E-state index contributed by atoms with van der Waals surface area (Å²) < 4.78 is 0. The molecule has 2 rings (SSSR count). The average Bonchev–Trinajstić information content (AvgIpc) is 1.99. The first-order valence-corrected chi connectivity index (χ1v) is 4.96. The van der Waals surface area contributed by atoms with Gasteiger partial charge in [0.2, 0.25) is 0 Å². The second-order valence-electron chi connectivity index (χ2n) is 3.80. The molecule has 2 fully saturated rings. The second kappa shape index (κ2) is 3.55. The summed E-state index contributed by atoms with van der Waals surface area (Å²) in [6.07, 6.45) is 8.45. The maximum absolute atomic E-state index is 3.59. The van der Waals surface area contributed by atoms with Crippen LogP contribution in [0.5, 0.6) is 0 Å². The summed E-state index contributed by atoms with van der Waals surface area (Å²) in [5.74, 6) is 0. The van der Waals surface area contributed by atoms with Gasteiger partial charge in [0.05, 0.1) is 0 Å². The van der Waals surface area contributed by atoms with Crippen LogP contribution < -0.4 is 5.43 Å². The summed E-state index contributed by atoms with van der Waals surface area (Å²) in [6, 6.07) is 0.827. The molecule has 1 N–H and O–H groups in total. The number of hydrazine groups is 1. The third kappa shape index (κ3) is 1.94. The SMILES string of the molecule is C1CCN(NC2CCC2)CC1. The lowest BCUT2D eigenvalue weighted by Gasteiger charge is -2.35. The van der Waals surface area contributed by atoms with Crippen molar-refractivity contribution in [1.82, 2.24) is 10.4 Å². The molecule has 2 nitrogen and oxygen atoms in total. The highest BCUT2D eigenvalue weighted by Crippen LogP contribution is 2.19. The van der Waals surface area contributed by atoms with Crippen LogP contribution in [0.4, 0.5) is 0 Å². The van der Waals surface area contributed by atoms with Crippen molar-refractivity contribution in [2.24, 2.45) is 0 Å². The molecule has 0 bridgehead atoms. The van der Waals surface area contributed by atoms with Gasteiger partial charge in [-0.15, -0.1) is 0 Å². The van der Waals surface area contributed by atoms with Gasteiger partial charge in [0.1, 0.15) is 0 Å². The molecule has 0 aromatic rings. The molecule has 11 heavy (non-hydrogen) atoms. The first-order valence-electron chi connectivity index (χ1n) is 4.96. The highest BCUT2D eigenvalue weighted by Gasteiger charge is 2.20. The minimum atomic E-state index is 0.827. The molecule has 0 amide bonds. The minimum Gasteiger partial charge on any atom is -0.252 e. The molecule has 1 aliphatic heterocycles. The van der Waals surface area contributed by atoms with Crippen LogP contribution >= 0.6 is 0 Å². The maximum Gasteiger partial charge on any atom is 0.0215 e. The summed E-state index contributed by atoms with van der Waals surface area (Å²) in [7, 11) is 0. The fraction of sp³-hybridized carbons (Fsp3) is 1.00. The standard InChI is InChI=1S/C9H18N2/c1-2-7-11(8-3-1)10-9-5-4-6-9/h9-10H,1-8H2. The van der Waals surface area contributed by atoms with Crippen LogP contribution in [0.3, 0.4) is 0 Å². The van der Waals surface area contributed by atoms with Crippen LogP contribution in [0.15, 0.2) is 0 Å². The smallest absolute Gasteiger partial charge is 0.0215 e. The molecule has 2 heteroatoms. The van der Waals surface area contributed by atoms with E-state index in [0.29, 0.717) is 0 Å². The molecule has 0 unspecified atom stereocenters. The Kier molecular flexibility index (Phi) is 2.44. The monoisotopic (exact) mass is 154 g/mol. The third-order valence-corrected chi connectivity index (χ3v) is 2.83. The molecule has 0 atom stereocenters. The van der Waals surface area contributed by atoms with Gasteiger partial charge in [-0.1, -0.05) is 12.8 Å². The van der Waals surface area contributed by atoms with Gasteiger partial charge in [0.25, 0.3) is 0 Å². The van der Waals surface area contributed by atoms with Gasteiger partial charge in [-0.2, -0.15) is 0 Å². The van der Waals surface area contributed by atoms with Gasteiger partial charge < -0.3 is 0 Å². The molecule has 1 heterocycles. The zero-order valence-electron chi connectivity index (χ0n) is 7.18. The van der Waals surface area contributed by atoms with Crippen molar-refractivity contribution in [1.29, 1.82) is 0 Å². The Labute approximate surface area is 68.9 Å². The molecule has 2 aliphatic rings. The molecule has 64 valence electrons. The summed E-state index contributed by atoms with van der Waals surface area (Å²) in [5, 5.41) is 2.42. The lowest BCUT2D eigenvalue weighted by Crippen LogP contribution is -2.49. The Balaban J connectivity index is 1.67. The summed E-state index contributed by atoms with van der Waals surface area (Å²) >= 11 is 0. The van der Waals surface area contributed by atoms with Crippen LogP contribution in [0, 0.1) is 0 Å². The predicted octanol–water partition coefficient (Wildman–Crippen LogP) is 1.53. The Morgan fingerprint density at radius 3 is 2.18 bits per heavy atom. The van der Waals surface area contributed by atoms with Gasteiger partial charge in [0.15, 0.2) is 0 Å². The lowest BCUT2D eigenvalue weighted by molar-refractivity contribution is 0.101. The number of nitrogens with zero attached hydrogens (tertiary/aromatic N) is 1.